The summed E-state index contributed by atoms with van der Waals surface area (Å²) in [6, 6.07) is 12.1. The summed E-state index contributed by atoms with van der Waals surface area (Å²) in [6.07, 6.45) is -2.62. The third-order valence-corrected chi connectivity index (χ3v) is 7.56. The third kappa shape index (κ3) is 4.08. The minimum absolute atomic E-state index is 0.00892. The van der Waals surface area contributed by atoms with Crippen molar-refractivity contribution in [2.75, 3.05) is 6.61 Å². The van der Waals surface area contributed by atoms with E-state index in [2.05, 4.69) is 9.47 Å². The van der Waals surface area contributed by atoms with Crippen LogP contribution in [0.1, 0.15) is 43.5 Å². The van der Waals surface area contributed by atoms with Crippen LogP contribution in [0.4, 0.5) is 13.6 Å². The zero-order chi connectivity index (χ0) is 26.9. The molecule has 3 heterocycles. The first kappa shape index (κ1) is 24.4. The maximum absolute atomic E-state index is 13.5. The van der Waals surface area contributed by atoms with Gasteiger partial charge < -0.3 is 28.3 Å². The molecule has 0 N–H and O–H groups in total. The molecule has 1 saturated carbocycles. The number of cyclic esters (lactones) is 2. The molecule has 3 aromatic rings. The van der Waals surface area contributed by atoms with Gasteiger partial charge in [0, 0.05) is 23.0 Å². The summed E-state index contributed by atoms with van der Waals surface area (Å²) in [5, 5.41) is 0.848. The van der Waals surface area contributed by atoms with Crippen LogP contribution in [-0.2, 0) is 42.9 Å². The van der Waals surface area contributed by atoms with E-state index in [0.717, 1.165) is 28.4 Å². The van der Waals surface area contributed by atoms with E-state index in [-0.39, 0.29) is 30.3 Å². The molecule has 1 aromatic heterocycles. The first-order chi connectivity index (χ1) is 18.0. The number of aldehydes is 1. The second-order valence-electron chi connectivity index (χ2n) is 10.7. The average molecular weight is 526 g/mol. The molecular formula is C28H25F2NO7. The number of hydrogen-bond donors (Lipinski definition) is 0. The van der Waals surface area contributed by atoms with E-state index in [1.54, 1.807) is 6.07 Å². The lowest BCUT2D eigenvalue weighted by Gasteiger charge is -2.22. The Morgan fingerprint density at radius 2 is 1.87 bits per heavy atom. The van der Waals surface area contributed by atoms with Crippen LogP contribution in [0, 0.1) is 0 Å². The number of rotatable bonds is 8. The molecule has 38 heavy (non-hydrogen) atoms. The highest BCUT2D eigenvalue weighted by molar-refractivity contribution is 5.95. The topological polar surface area (TPSA) is 93.1 Å². The SMILES string of the molecule is CC(C)(C=O)c1cc2cc(CC(=O)C3(c4ccc5c(c4)OC(F)(F)O5)CC3)ccc2n1C[C@@H]1COC(=O)O1. The molecule has 0 spiro atoms. The molecule has 1 aliphatic carbocycles. The molecule has 1 saturated heterocycles. The van der Waals surface area contributed by atoms with Crippen LogP contribution in [0.25, 0.3) is 10.9 Å². The van der Waals surface area contributed by atoms with Crippen molar-refractivity contribution in [2.24, 2.45) is 0 Å². The number of Topliss-reactive ketones (excluding diaryl/α,β-unsaturated/α-hetero) is 1. The molecule has 0 amide bonds. The number of carbonyl (C=O) groups is 3. The molecule has 198 valence electrons. The number of halogens is 2. The van der Waals surface area contributed by atoms with E-state index in [9.17, 15) is 23.2 Å². The maximum Gasteiger partial charge on any atom is 0.586 e. The summed E-state index contributed by atoms with van der Waals surface area (Å²) in [7, 11) is 0. The normalized spacial score (nSPS) is 20.7. The van der Waals surface area contributed by atoms with Crippen LogP contribution in [0.5, 0.6) is 11.5 Å². The first-order valence-corrected chi connectivity index (χ1v) is 12.4. The Hall–Kier alpha value is -3.95. The number of benzene rings is 2. The van der Waals surface area contributed by atoms with Crippen molar-refractivity contribution in [1.82, 2.24) is 4.57 Å². The van der Waals surface area contributed by atoms with Gasteiger partial charge in [0.25, 0.3) is 0 Å². The number of carbonyl (C=O) groups excluding carboxylic acids is 3. The minimum Gasteiger partial charge on any atom is -0.430 e. The fraction of sp³-hybridized carbons (Fsp3) is 0.393. The Kier molecular flexibility index (Phi) is 5.31. The average Bonchev–Trinajstić information content (AvgIpc) is 3.31. The summed E-state index contributed by atoms with van der Waals surface area (Å²) >= 11 is 0. The van der Waals surface area contributed by atoms with E-state index in [1.165, 1.54) is 12.1 Å². The summed E-state index contributed by atoms with van der Waals surface area (Å²) in [4.78, 5) is 36.8. The highest BCUT2D eigenvalue weighted by Gasteiger charge is 2.52. The summed E-state index contributed by atoms with van der Waals surface area (Å²) in [5.41, 5.74) is 1.49. The number of hydrogen-bond acceptors (Lipinski definition) is 7. The Bertz CT molecular complexity index is 1490. The van der Waals surface area contributed by atoms with Gasteiger partial charge in [-0.25, -0.2) is 4.79 Å². The summed E-state index contributed by atoms with van der Waals surface area (Å²) < 4.78 is 48.0. The van der Waals surface area contributed by atoms with Crippen molar-refractivity contribution in [1.29, 1.82) is 0 Å². The van der Waals surface area contributed by atoms with Crippen LogP contribution in [0.2, 0.25) is 0 Å². The van der Waals surface area contributed by atoms with Crippen molar-refractivity contribution in [3.05, 3.63) is 59.3 Å². The van der Waals surface area contributed by atoms with E-state index in [1.807, 2.05) is 42.7 Å². The molecule has 1 atom stereocenters. The summed E-state index contributed by atoms with van der Waals surface area (Å²) in [5.74, 6) is -0.131. The molecule has 0 radical (unpaired) electrons. The molecule has 0 bridgehead atoms. The second kappa shape index (κ2) is 8.28. The van der Waals surface area contributed by atoms with Gasteiger partial charge in [0.15, 0.2) is 17.6 Å². The largest absolute Gasteiger partial charge is 0.586 e. The first-order valence-electron chi connectivity index (χ1n) is 12.4. The zero-order valence-electron chi connectivity index (χ0n) is 20.8. The van der Waals surface area contributed by atoms with Crippen LogP contribution < -0.4 is 9.47 Å². The van der Waals surface area contributed by atoms with Crippen LogP contribution in [0.3, 0.4) is 0 Å². The zero-order valence-corrected chi connectivity index (χ0v) is 20.8. The van der Waals surface area contributed by atoms with Crippen molar-refractivity contribution < 1.29 is 42.1 Å². The van der Waals surface area contributed by atoms with Crippen LogP contribution in [-0.4, -0.2) is 41.8 Å². The monoisotopic (exact) mass is 525 g/mol. The fourth-order valence-electron chi connectivity index (χ4n) is 5.33. The highest BCUT2D eigenvalue weighted by atomic mass is 19.3. The predicted octanol–water partition coefficient (Wildman–Crippen LogP) is 4.82. The van der Waals surface area contributed by atoms with Crippen molar-refractivity contribution >= 4 is 29.1 Å². The van der Waals surface area contributed by atoms with Gasteiger partial charge in [-0.2, -0.15) is 0 Å². The lowest BCUT2D eigenvalue weighted by Crippen LogP contribution is -2.27. The van der Waals surface area contributed by atoms with Gasteiger partial charge in [0.05, 0.1) is 17.4 Å². The number of ketones is 1. The molecule has 10 heteroatoms. The Balaban J connectivity index is 1.28. The second-order valence-corrected chi connectivity index (χ2v) is 10.7. The van der Waals surface area contributed by atoms with Crippen LogP contribution >= 0.6 is 0 Å². The van der Waals surface area contributed by atoms with Crippen molar-refractivity contribution in [3.63, 3.8) is 0 Å². The van der Waals surface area contributed by atoms with Gasteiger partial charge in [-0.3, -0.25) is 4.79 Å². The van der Waals surface area contributed by atoms with Gasteiger partial charge >= 0.3 is 12.5 Å². The third-order valence-electron chi connectivity index (χ3n) is 7.56. The summed E-state index contributed by atoms with van der Waals surface area (Å²) in [6.45, 7) is 4.08. The smallest absolute Gasteiger partial charge is 0.430 e. The number of nitrogens with zero attached hydrogens (tertiary/aromatic N) is 1. The molecule has 8 nitrogen and oxygen atoms in total. The van der Waals surface area contributed by atoms with E-state index >= 15 is 0 Å². The molecule has 6 rings (SSSR count). The Labute approximate surface area is 216 Å². The van der Waals surface area contributed by atoms with Gasteiger partial charge in [0.1, 0.15) is 18.7 Å². The van der Waals surface area contributed by atoms with Crippen LogP contribution in [0.15, 0.2) is 42.5 Å². The lowest BCUT2D eigenvalue weighted by molar-refractivity contribution is -0.286. The van der Waals surface area contributed by atoms with Gasteiger partial charge in [-0.1, -0.05) is 12.1 Å². The highest BCUT2D eigenvalue weighted by Crippen LogP contribution is 2.52. The van der Waals surface area contributed by atoms with Gasteiger partial charge in [-0.15, -0.1) is 8.78 Å². The van der Waals surface area contributed by atoms with Gasteiger partial charge in [-0.05, 0) is 68.1 Å². The predicted molar refractivity (Wildman–Crippen MR) is 130 cm³/mol. The lowest BCUT2D eigenvalue weighted by atomic mass is 9.87. The van der Waals surface area contributed by atoms with Crippen molar-refractivity contribution in [3.8, 4) is 11.5 Å². The maximum atomic E-state index is 13.5. The molecule has 2 aromatic carbocycles. The van der Waals surface area contributed by atoms with Gasteiger partial charge in [0.2, 0.25) is 0 Å². The molecule has 2 aliphatic heterocycles. The number of fused-ring (bicyclic) bond motifs is 2. The van der Waals surface area contributed by atoms with E-state index in [4.69, 9.17) is 9.47 Å². The standard InChI is InChI=1S/C28H25F2NO7/c1-26(2,15-32)23-11-17-9-16(3-5-20(17)31(23)13-19-14-35-25(34)36-19)10-24(33)27(7-8-27)18-4-6-21-22(12-18)38-28(29,30)37-21/h3-6,9,11-12,15,19H,7-8,10,13-14H2,1-2H3/t19-/m1/s1. The fourth-order valence-corrected chi connectivity index (χ4v) is 5.33. The Morgan fingerprint density at radius 3 is 2.55 bits per heavy atom. The molecule has 0 unspecified atom stereocenters. The molecular weight excluding hydrogens is 500 g/mol. The molecule has 3 aliphatic rings. The number of ether oxygens (including phenoxy) is 4. The Morgan fingerprint density at radius 1 is 1.11 bits per heavy atom. The number of alkyl halides is 2. The quantitative estimate of drug-likeness (QED) is 0.308. The number of aromatic nitrogens is 1. The molecule has 2 fully saturated rings. The van der Waals surface area contributed by atoms with Crippen molar-refractivity contribution in [2.45, 2.75) is 62.9 Å². The minimum atomic E-state index is -3.71. The van der Waals surface area contributed by atoms with E-state index in [0.29, 0.717) is 24.9 Å². The van der Waals surface area contributed by atoms with E-state index < -0.39 is 29.4 Å².